The van der Waals surface area contributed by atoms with Crippen LogP contribution in [-0.4, -0.2) is 55.1 Å². The molecular weight excluding hydrogens is 368 g/mol. The fourth-order valence-corrected chi connectivity index (χ4v) is 3.42. The zero-order chi connectivity index (χ0) is 19.1. The van der Waals surface area contributed by atoms with Crippen LogP contribution in [0.3, 0.4) is 0 Å². The molecule has 0 radical (unpaired) electrons. The minimum Gasteiger partial charge on any atom is -0.504 e. The fraction of sp³-hybridized carbons (Fsp3) is 0.389. The van der Waals surface area contributed by atoms with Gasteiger partial charge in [0.05, 0.1) is 38.1 Å². The number of morpholine rings is 1. The van der Waals surface area contributed by atoms with Gasteiger partial charge in [-0.3, -0.25) is 4.79 Å². The molecule has 0 spiro atoms. The van der Waals surface area contributed by atoms with Crippen LogP contribution >= 0.6 is 11.3 Å². The molecule has 8 nitrogen and oxygen atoms in total. The van der Waals surface area contributed by atoms with Crippen LogP contribution in [0.25, 0.3) is 0 Å². The summed E-state index contributed by atoms with van der Waals surface area (Å²) >= 11 is 1.53. The number of nitrogens with one attached hydrogen (secondary N) is 1. The number of aromatic nitrogens is 1. The molecule has 9 heteroatoms. The Morgan fingerprint density at radius 3 is 3.07 bits per heavy atom. The Labute approximate surface area is 161 Å². The van der Waals surface area contributed by atoms with E-state index in [4.69, 9.17) is 9.47 Å². The SMILES string of the molecule is CCOc1cc(/C=N/NC(=O)Cc2csc(N3CCOCC3)n2)ccc1O. The number of aromatic hydroxyl groups is 1. The maximum absolute atomic E-state index is 12.1. The van der Waals surface area contributed by atoms with Crippen LogP contribution in [0.15, 0.2) is 28.7 Å². The Morgan fingerprint density at radius 1 is 1.48 bits per heavy atom. The van der Waals surface area contributed by atoms with Crippen molar-refractivity contribution in [3.05, 3.63) is 34.8 Å². The van der Waals surface area contributed by atoms with Crippen molar-refractivity contribution in [2.75, 3.05) is 37.8 Å². The summed E-state index contributed by atoms with van der Waals surface area (Å²) in [6.45, 7) is 5.33. The number of hydrazone groups is 1. The van der Waals surface area contributed by atoms with Crippen LogP contribution < -0.4 is 15.1 Å². The first-order valence-corrected chi connectivity index (χ1v) is 9.58. The number of carbonyl (C=O) groups excluding carboxylic acids is 1. The normalized spacial score (nSPS) is 14.5. The lowest BCUT2D eigenvalue weighted by Crippen LogP contribution is -2.36. The molecule has 1 aliphatic rings. The van der Waals surface area contributed by atoms with Crippen LogP contribution in [0.5, 0.6) is 11.5 Å². The van der Waals surface area contributed by atoms with Gasteiger partial charge in [0.15, 0.2) is 16.6 Å². The molecule has 1 aromatic heterocycles. The highest BCUT2D eigenvalue weighted by Crippen LogP contribution is 2.26. The van der Waals surface area contributed by atoms with E-state index in [0.717, 1.165) is 23.9 Å². The van der Waals surface area contributed by atoms with Gasteiger partial charge >= 0.3 is 0 Å². The number of amides is 1. The van der Waals surface area contributed by atoms with Crippen molar-refractivity contribution in [3.8, 4) is 11.5 Å². The molecular formula is C18H22N4O4S. The number of thiazole rings is 1. The van der Waals surface area contributed by atoms with E-state index in [9.17, 15) is 9.90 Å². The van der Waals surface area contributed by atoms with Gasteiger partial charge in [0.25, 0.3) is 0 Å². The van der Waals surface area contributed by atoms with Gasteiger partial charge in [0, 0.05) is 18.5 Å². The first-order valence-electron chi connectivity index (χ1n) is 8.70. The number of anilines is 1. The Kier molecular flexibility index (Phi) is 6.61. The molecule has 1 fully saturated rings. The molecule has 2 N–H and O–H groups in total. The zero-order valence-corrected chi connectivity index (χ0v) is 15.9. The number of carbonyl (C=O) groups is 1. The largest absolute Gasteiger partial charge is 0.504 e. The highest BCUT2D eigenvalue weighted by atomic mass is 32.1. The molecule has 0 unspecified atom stereocenters. The Hall–Kier alpha value is -2.65. The third-order valence-corrected chi connectivity index (χ3v) is 4.80. The van der Waals surface area contributed by atoms with E-state index in [1.165, 1.54) is 23.6 Å². The molecule has 1 amide bonds. The van der Waals surface area contributed by atoms with Crippen LogP contribution in [-0.2, 0) is 16.0 Å². The maximum Gasteiger partial charge on any atom is 0.246 e. The van der Waals surface area contributed by atoms with Crippen molar-refractivity contribution in [2.45, 2.75) is 13.3 Å². The van der Waals surface area contributed by atoms with Crippen LogP contribution in [0.1, 0.15) is 18.2 Å². The van der Waals surface area contributed by atoms with Gasteiger partial charge in [0.1, 0.15) is 0 Å². The Balaban J connectivity index is 1.51. The van der Waals surface area contributed by atoms with Crippen molar-refractivity contribution in [2.24, 2.45) is 5.10 Å². The van der Waals surface area contributed by atoms with Gasteiger partial charge in [-0.05, 0) is 30.7 Å². The number of hydrogen-bond acceptors (Lipinski definition) is 8. The number of phenolic OH excluding ortho intramolecular Hbond substituents is 1. The van der Waals surface area contributed by atoms with Crippen molar-refractivity contribution in [3.63, 3.8) is 0 Å². The lowest BCUT2D eigenvalue weighted by Gasteiger charge is -2.26. The molecule has 0 bridgehead atoms. The number of phenols is 1. The molecule has 0 atom stereocenters. The number of hydrogen-bond donors (Lipinski definition) is 2. The number of nitrogens with zero attached hydrogens (tertiary/aromatic N) is 3. The van der Waals surface area contributed by atoms with Gasteiger partial charge in [-0.2, -0.15) is 5.10 Å². The number of ether oxygens (including phenoxy) is 2. The van der Waals surface area contributed by atoms with E-state index in [-0.39, 0.29) is 18.1 Å². The lowest BCUT2D eigenvalue weighted by atomic mass is 10.2. The summed E-state index contributed by atoms with van der Waals surface area (Å²) < 4.78 is 10.7. The Bertz CT molecular complexity index is 802. The van der Waals surface area contributed by atoms with E-state index >= 15 is 0 Å². The predicted molar refractivity (Wildman–Crippen MR) is 104 cm³/mol. The van der Waals surface area contributed by atoms with Crippen LogP contribution in [0, 0.1) is 0 Å². The lowest BCUT2D eigenvalue weighted by molar-refractivity contribution is -0.120. The van der Waals surface area contributed by atoms with E-state index in [1.807, 2.05) is 12.3 Å². The van der Waals surface area contributed by atoms with Gasteiger partial charge in [0.2, 0.25) is 5.91 Å². The second-order valence-electron chi connectivity index (χ2n) is 5.85. The van der Waals surface area contributed by atoms with Crippen molar-refractivity contribution >= 4 is 28.6 Å². The standard InChI is InChI=1S/C18H22N4O4S/c1-2-26-16-9-13(3-4-15(16)23)11-19-21-17(24)10-14-12-27-18(20-14)22-5-7-25-8-6-22/h3-4,9,11-12,23H,2,5-8,10H2,1H3,(H,21,24)/b19-11+. The van der Waals surface area contributed by atoms with Crippen molar-refractivity contribution < 1.29 is 19.4 Å². The van der Waals surface area contributed by atoms with Gasteiger partial charge in [-0.25, -0.2) is 10.4 Å². The predicted octanol–water partition coefficient (Wildman–Crippen LogP) is 1.78. The van der Waals surface area contributed by atoms with E-state index in [2.05, 4.69) is 20.4 Å². The molecule has 2 aromatic rings. The first kappa shape index (κ1) is 19.1. The average Bonchev–Trinajstić information content (AvgIpc) is 3.13. The second-order valence-corrected chi connectivity index (χ2v) is 6.69. The van der Waals surface area contributed by atoms with Crippen molar-refractivity contribution in [1.82, 2.24) is 10.4 Å². The molecule has 0 aliphatic carbocycles. The molecule has 0 saturated carbocycles. The van der Waals surface area contributed by atoms with Crippen LogP contribution in [0.4, 0.5) is 5.13 Å². The summed E-state index contributed by atoms with van der Waals surface area (Å²) in [4.78, 5) is 18.7. The molecule has 3 rings (SSSR count). The Morgan fingerprint density at radius 2 is 2.30 bits per heavy atom. The van der Waals surface area contributed by atoms with Gasteiger partial charge in [-0.1, -0.05) is 0 Å². The molecule has 144 valence electrons. The molecule has 1 saturated heterocycles. The van der Waals surface area contributed by atoms with E-state index < -0.39 is 0 Å². The average molecular weight is 390 g/mol. The summed E-state index contributed by atoms with van der Waals surface area (Å²) in [5.74, 6) is 0.206. The summed E-state index contributed by atoms with van der Waals surface area (Å²) in [5, 5.41) is 16.4. The zero-order valence-electron chi connectivity index (χ0n) is 15.1. The van der Waals surface area contributed by atoms with E-state index in [1.54, 1.807) is 12.1 Å². The monoisotopic (exact) mass is 390 g/mol. The third-order valence-electron chi connectivity index (χ3n) is 3.85. The number of benzene rings is 1. The highest BCUT2D eigenvalue weighted by molar-refractivity contribution is 7.13. The van der Waals surface area contributed by atoms with Crippen molar-refractivity contribution in [1.29, 1.82) is 0 Å². The smallest absolute Gasteiger partial charge is 0.246 e. The van der Waals surface area contributed by atoms with E-state index in [0.29, 0.717) is 31.1 Å². The summed E-state index contributed by atoms with van der Waals surface area (Å²) in [6, 6.07) is 4.86. The summed E-state index contributed by atoms with van der Waals surface area (Å²) in [6.07, 6.45) is 1.66. The number of rotatable bonds is 7. The topological polar surface area (TPSA) is 96.3 Å². The van der Waals surface area contributed by atoms with Gasteiger partial charge in [-0.15, -0.1) is 11.3 Å². The minimum absolute atomic E-state index is 0.0673. The highest BCUT2D eigenvalue weighted by Gasteiger charge is 2.15. The van der Waals surface area contributed by atoms with Crippen LogP contribution in [0.2, 0.25) is 0 Å². The summed E-state index contributed by atoms with van der Waals surface area (Å²) in [7, 11) is 0. The second kappa shape index (κ2) is 9.33. The maximum atomic E-state index is 12.1. The third kappa shape index (κ3) is 5.41. The fourth-order valence-electron chi connectivity index (χ4n) is 2.54. The molecule has 1 aliphatic heterocycles. The molecule has 1 aromatic carbocycles. The quantitative estimate of drug-likeness (QED) is 0.553. The summed E-state index contributed by atoms with van der Waals surface area (Å²) in [5.41, 5.74) is 3.92. The first-order chi connectivity index (χ1) is 13.2. The minimum atomic E-state index is -0.242. The molecule has 2 heterocycles. The van der Waals surface area contributed by atoms with Gasteiger partial charge < -0.3 is 19.5 Å². The molecule has 27 heavy (non-hydrogen) atoms.